The van der Waals surface area contributed by atoms with Crippen molar-refractivity contribution in [3.63, 3.8) is 0 Å². The lowest BCUT2D eigenvalue weighted by atomic mass is 10.0. The van der Waals surface area contributed by atoms with Gasteiger partial charge in [0.05, 0.1) is 6.61 Å². The summed E-state index contributed by atoms with van der Waals surface area (Å²) < 4.78 is 10.2. The van der Waals surface area contributed by atoms with Gasteiger partial charge in [0.15, 0.2) is 5.82 Å². The summed E-state index contributed by atoms with van der Waals surface area (Å²) in [5, 5.41) is 3.94. The van der Waals surface area contributed by atoms with Crippen LogP contribution in [-0.4, -0.2) is 22.7 Å². The molecule has 1 aromatic rings. The number of carbonyl (C=O) groups excluding carboxylic acids is 1. The SMILES string of the molecule is CCCC(C(=O)OCC)c1nc(C(C)CC)no1. The molecule has 0 N–H and O–H groups in total. The summed E-state index contributed by atoms with van der Waals surface area (Å²) in [7, 11) is 0. The van der Waals surface area contributed by atoms with E-state index in [9.17, 15) is 4.79 Å². The first kappa shape index (κ1) is 14.7. The fourth-order valence-corrected chi connectivity index (χ4v) is 1.65. The van der Waals surface area contributed by atoms with E-state index in [1.54, 1.807) is 6.92 Å². The molecule has 1 heterocycles. The molecule has 5 heteroatoms. The van der Waals surface area contributed by atoms with Crippen LogP contribution in [0.5, 0.6) is 0 Å². The van der Waals surface area contributed by atoms with Crippen LogP contribution in [0.15, 0.2) is 4.52 Å². The summed E-state index contributed by atoms with van der Waals surface area (Å²) in [6, 6.07) is 0. The van der Waals surface area contributed by atoms with E-state index in [0.29, 0.717) is 24.7 Å². The lowest BCUT2D eigenvalue weighted by Crippen LogP contribution is -2.16. The number of nitrogens with zero attached hydrogens (tertiary/aromatic N) is 2. The molecule has 0 aliphatic heterocycles. The highest BCUT2D eigenvalue weighted by molar-refractivity contribution is 5.76. The second-order valence-electron chi connectivity index (χ2n) is 4.39. The molecule has 1 rings (SSSR count). The molecule has 0 saturated carbocycles. The molecule has 18 heavy (non-hydrogen) atoms. The molecule has 0 bridgehead atoms. The maximum Gasteiger partial charge on any atom is 0.318 e. The predicted octanol–water partition coefficient (Wildman–Crippen LogP) is 3.03. The molecule has 5 nitrogen and oxygen atoms in total. The molecule has 2 unspecified atom stereocenters. The molecule has 0 fully saturated rings. The number of carbonyl (C=O) groups is 1. The predicted molar refractivity (Wildman–Crippen MR) is 67.3 cm³/mol. The number of hydrogen-bond donors (Lipinski definition) is 0. The van der Waals surface area contributed by atoms with Crippen LogP contribution in [0.1, 0.15) is 70.5 Å². The van der Waals surface area contributed by atoms with E-state index in [-0.39, 0.29) is 11.9 Å². The quantitative estimate of drug-likeness (QED) is 0.700. The number of rotatable bonds is 7. The number of ether oxygens (including phenoxy) is 1. The highest BCUT2D eigenvalue weighted by atomic mass is 16.5. The van der Waals surface area contributed by atoms with E-state index in [4.69, 9.17) is 9.26 Å². The monoisotopic (exact) mass is 254 g/mol. The van der Waals surface area contributed by atoms with Gasteiger partial charge in [-0.05, 0) is 19.8 Å². The molecule has 2 atom stereocenters. The van der Waals surface area contributed by atoms with Crippen LogP contribution in [-0.2, 0) is 9.53 Å². The Bertz CT molecular complexity index is 376. The zero-order chi connectivity index (χ0) is 13.5. The van der Waals surface area contributed by atoms with Crippen LogP contribution in [0.4, 0.5) is 0 Å². The van der Waals surface area contributed by atoms with Crippen LogP contribution >= 0.6 is 0 Å². The third kappa shape index (κ3) is 3.55. The van der Waals surface area contributed by atoms with Crippen molar-refractivity contribution < 1.29 is 14.1 Å². The zero-order valence-electron chi connectivity index (χ0n) is 11.6. The molecule has 1 aromatic heterocycles. The average molecular weight is 254 g/mol. The Morgan fingerprint density at radius 1 is 1.39 bits per heavy atom. The first-order valence-electron chi connectivity index (χ1n) is 6.64. The van der Waals surface area contributed by atoms with Crippen molar-refractivity contribution in [2.75, 3.05) is 6.61 Å². The fourth-order valence-electron chi connectivity index (χ4n) is 1.65. The summed E-state index contributed by atoms with van der Waals surface area (Å²) >= 11 is 0. The molecule has 0 aliphatic rings. The smallest absolute Gasteiger partial charge is 0.318 e. The minimum Gasteiger partial charge on any atom is -0.465 e. The number of esters is 1. The maximum atomic E-state index is 11.8. The third-order valence-electron chi connectivity index (χ3n) is 2.96. The molecular formula is C13H22N2O3. The minimum atomic E-state index is -0.430. The summed E-state index contributed by atoms with van der Waals surface area (Å²) in [5.41, 5.74) is 0. The molecular weight excluding hydrogens is 232 g/mol. The van der Waals surface area contributed by atoms with Crippen molar-refractivity contribution in [3.05, 3.63) is 11.7 Å². The van der Waals surface area contributed by atoms with Crippen LogP contribution in [0.3, 0.4) is 0 Å². The zero-order valence-corrected chi connectivity index (χ0v) is 11.6. The number of hydrogen-bond acceptors (Lipinski definition) is 5. The van der Waals surface area contributed by atoms with Gasteiger partial charge in [0.25, 0.3) is 0 Å². The first-order chi connectivity index (χ1) is 8.63. The lowest BCUT2D eigenvalue weighted by molar-refractivity contribution is -0.145. The van der Waals surface area contributed by atoms with Gasteiger partial charge in [-0.25, -0.2) is 0 Å². The van der Waals surface area contributed by atoms with Crippen molar-refractivity contribution in [1.82, 2.24) is 10.1 Å². The van der Waals surface area contributed by atoms with E-state index in [2.05, 4.69) is 17.1 Å². The Morgan fingerprint density at radius 3 is 2.67 bits per heavy atom. The summed E-state index contributed by atoms with van der Waals surface area (Å²) in [4.78, 5) is 16.2. The molecule has 0 aliphatic carbocycles. The largest absolute Gasteiger partial charge is 0.465 e. The molecule has 0 aromatic carbocycles. The van der Waals surface area contributed by atoms with Crippen LogP contribution in [0, 0.1) is 0 Å². The Kier molecular flexibility index (Phi) is 5.82. The summed E-state index contributed by atoms with van der Waals surface area (Å²) in [6.45, 7) is 8.27. The van der Waals surface area contributed by atoms with Gasteiger partial charge in [-0.1, -0.05) is 32.3 Å². The first-order valence-corrected chi connectivity index (χ1v) is 6.64. The van der Waals surface area contributed by atoms with E-state index in [1.807, 2.05) is 13.8 Å². The topological polar surface area (TPSA) is 65.2 Å². The molecule has 0 amide bonds. The van der Waals surface area contributed by atoms with Gasteiger partial charge in [-0.15, -0.1) is 0 Å². The van der Waals surface area contributed by atoms with E-state index in [0.717, 1.165) is 12.8 Å². The van der Waals surface area contributed by atoms with Gasteiger partial charge in [0.2, 0.25) is 5.89 Å². The summed E-state index contributed by atoms with van der Waals surface area (Å²) in [5.74, 6) is 0.578. The lowest BCUT2D eigenvalue weighted by Gasteiger charge is -2.09. The second-order valence-corrected chi connectivity index (χ2v) is 4.39. The van der Waals surface area contributed by atoms with Crippen molar-refractivity contribution in [3.8, 4) is 0 Å². The van der Waals surface area contributed by atoms with Crippen molar-refractivity contribution in [2.45, 2.75) is 58.8 Å². The van der Waals surface area contributed by atoms with Crippen LogP contribution in [0.2, 0.25) is 0 Å². The highest BCUT2D eigenvalue weighted by Gasteiger charge is 2.27. The minimum absolute atomic E-state index is 0.243. The van der Waals surface area contributed by atoms with E-state index < -0.39 is 5.92 Å². The number of aromatic nitrogens is 2. The van der Waals surface area contributed by atoms with Crippen molar-refractivity contribution in [1.29, 1.82) is 0 Å². The fraction of sp³-hybridized carbons (Fsp3) is 0.769. The van der Waals surface area contributed by atoms with Gasteiger partial charge in [0, 0.05) is 5.92 Å². The van der Waals surface area contributed by atoms with Gasteiger partial charge in [-0.3, -0.25) is 4.79 Å². The third-order valence-corrected chi connectivity index (χ3v) is 2.96. The van der Waals surface area contributed by atoms with Gasteiger partial charge in [0.1, 0.15) is 5.92 Å². The Labute approximate surface area is 108 Å². The van der Waals surface area contributed by atoms with Crippen molar-refractivity contribution in [2.24, 2.45) is 0 Å². The maximum absolute atomic E-state index is 11.8. The Hall–Kier alpha value is -1.39. The van der Waals surface area contributed by atoms with Gasteiger partial charge in [-0.2, -0.15) is 4.98 Å². The van der Waals surface area contributed by atoms with Crippen molar-refractivity contribution >= 4 is 5.97 Å². The van der Waals surface area contributed by atoms with Crippen LogP contribution < -0.4 is 0 Å². The summed E-state index contributed by atoms with van der Waals surface area (Å²) in [6.07, 6.45) is 2.47. The van der Waals surface area contributed by atoms with E-state index >= 15 is 0 Å². The molecule has 0 saturated heterocycles. The molecule has 0 spiro atoms. The van der Waals surface area contributed by atoms with Crippen LogP contribution in [0.25, 0.3) is 0 Å². The average Bonchev–Trinajstić information content (AvgIpc) is 2.84. The van der Waals surface area contributed by atoms with Gasteiger partial charge >= 0.3 is 5.97 Å². The Balaban J connectivity index is 2.85. The standard InChI is InChI=1S/C13H22N2O3/c1-5-8-10(13(16)17-7-3)12-14-11(15-18-12)9(4)6-2/h9-10H,5-8H2,1-4H3. The second kappa shape index (κ2) is 7.13. The van der Waals surface area contributed by atoms with E-state index in [1.165, 1.54) is 0 Å². The Morgan fingerprint density at radius 2 is 2.11 bits per heavy atom. The normalized spacial score (nSPS) is 14.2. The van der Waals surface area contributed by atoms with Gasteiger partial charge < -0.3 is 9.26 Å². The molecule has 0 radical (unpaired) electrons. The molecule has 102 valence electrons. The highest BCUT2D eigenvalue weighted by Crippen LogP contribution is 2.24.